The highest BCUT2D eigenvalue weighted by Crippen LogP contribution is 2.53. The van der Waals surface area contributed by atoms with Crippen molar-refractivity contribution in [1.29, 1.82) is 0 Å². The predicted octanol–water partition coefficient (Wildman–Crippen LogP) is 3.86. The molecule has 1 saturated carbocycles. The van der Waals surface area contributed by atoms with E-state index in [1.807, 2.05) is 39.0 Å². The molecule has 0 bridgehead atoms. The molecule has 0 saturated heterocycles. The fraction of sp³-hybridized carbons (Fsp3) is 0.500. The van der Waals surface area contributed by atoms with Crippen molar-refractivity contribution in [2.45, 2.75) is 43.4 Å². The first-order chi connectivity index (χ1) is 7.91. The van der Waals surface area contributed by atoms with E-state index in [9.17, 15) is 4.79 Å². The minimum absolute atomic E-state index is 0.113. The summed E-state index contributed by atoms with van der Waals surface area (Å²) in [6.45, 7) is 5.66. The lowest BCUT2D eigenvalue weighted by atomic mass is 9.97. The molecular formula is C14H18O2S. The molecule has 17 heavy (non-hydrogen) atoms. The Morgan fingerprint density at radius 1 is 1.24 bits per heavy atom. The van der Waals surface area contributed by atoms with Crippen LogP contribution < -0.4 is 0 Å². The maximum Gasteiger partial charge on any atom is 0.312 e. The lowest BCUT2D eigenvalue weighted by Gasteiger charge is -2.22. The smallest absolute Gasteiger partial charge is 0.312 e. The van der Waals surface area contributed by atoms with E-state index in [2.05, 4.69) is 12.1 Å². The highest BCUT2D eigenvalue weighted by atomic mass is 32.2. The maximum atomic E-state index is 11.9. The van der Waals surface area contributed by atoms with Crippen LogP contribution in [0.3, 0.4) is 0 Å². The first-order valence-corrected chi connectivity index (χ1v) is 6.70. The number of hydrogen-bond acceptors (Lipinski definition) is 3. The van der Waals surface area contributed by atoms with Gasteiger partial charge in [-0.1, -0.05) is 30.0 Å². The highest BCUT2D eigenvalue weighted by Gasteiger charge is 2.49. The van der Waals surface area contributed by atoms with Gasteiger partial charge in [-0.2, -0.15) is 0 Å². The average molecular weight is 250 g/mol. The molecule has 0 aliphatic heterocycles. The topological polar surface area (TPSA) is 26.3 Å². The number of carbonyl (C=O) groups is 1. The summed E-state index contributed by atoms with van der Waals surface area (Å²) < 4.78 is 5.64. The molecule has 0 heterocycles. The van der Waals surface area contributed by atoms with Crippen LogP contribution in [0.2, 0.25) is 0 Å². The third kappa shape index (κ3) is 3.25. The van der Waals surface area contributed by atoms with Gasteiger partial charge in [0, 0.05) is 17.7 Å². The van der Waals surface area contributed by atoms with E-state index in [1.165, 1.54) is 0 Å². The molecule has 1 aliphatic carbocycles. The SMILES string of the molecule is CC(C)(C)C(=O)OC1(Sc2ccccc2)CC1. The molecule has 92 valence electrons. The zero-order valence-electron chi connectivity index (χ0n) is 10.5. The number of rotatable bonds is 3. The van der Waals surface area contributed by atoms with Crippen molar-refractivity contribution in [3.05, 3.63) is 30.3 Å². The Morgan fingerprint density at radius 2 is 1.82 bits per heavy atom. The molecule has 2 nitrogen and oxygen atoms in total. The zero-order valence-corrected chi connectivity index (χ0v) is 11.3. The van der Waals surface area contributed by atoms with E-state index < -0.39 is 5.41 Å². The molecule has 1 aliphatic rings. The van der Waals surface area contributed by atoms with Crippen molar-refractivity contribution in [1.82, 2.24) is 0 Å². The van der Waals surface area contributed by atoms with Crippen molar-refractivity contribution in [3.8, 4) is 0 Å². The van der Waals surface area contributed by atoms with Crippen LogP contribution in [0.1, 0.15) is 33.6 Å². The van der Waals surface area contributed by atoms with Crippen molar-refractivity contribution in [3.63, 3.8) is 0 Å². The van der Waals surface area contributed by atoms with Crippen molar-refractivity contribution < 1.29 is 9.53 Å². The summed E-state index contributed by atoms with van der Waals surface area (Å²) in [4.78, 5) is 12.7. The Hall–Kier alpha value is -0.960. The Kier molecular flexibility index (Phi) is 3.21. The first-order valence-electron chi connectivity index (χ1n) is 5.89. The minimum Gasteiger partial charge on any atom is -0.447 e. The normalized spacial score (nSPS) is 17.6. The number of benzene rings is 1. The Bertz CT molecular complexity index is 402. The van der Waals surface area contributed by atoms with Gasteiger partial charge < -0.3 is 4.74 Å². The predicted molar refractivity (Wildman–Crippen MR) is 69.8 cm³/mol. The Morgan fingerprint density at radius 3 is 2.29 bits per heavy atom. The van der Waals surface area contributed by atoms with Gasteiger partial charge in [-0.05, 0) is 32.9 Å². The van der Waals surface area contributed by atoms with Gasteiger partial charge in [0.1, 0.15) is 0 Å². The number of hydrogen-bond donors (Lipinski definition) is 0. The van der Waals surface area contributed by atoms with Gasteiger partial charge in [0.15, 0.2) is 4.93 Å². The molecule has 0 spiro atoms. The highest BCUT2D eigenvalue weighted by molar-refractivity contribution is 8.00. The minimum atomic E-state index is -0.424. The summed E-state index contributed by atoms with van der Waals surface area (Å²) in [6, 6.07) is 10.1. The largest absolute Gasteiger partial charge is 0.447 e. The molecule has 0 aromatic heterocycles. The van der Waals surface area contributed by atoms with Crippen molar-refractivity contribution in [2.24, 2.45) is 5.41 Å². The maximum absolute atomic E-state index is 11.9. The lowest BCUT2D eigenvalue weighted by Crippen LogP contribution is -2.27. The molecule has 3 heteroatoms. The fourth-order valence-electron chi connectivity index (χ4n) is 1.35. The zero-order chi connectivity index (χ0) is 12.5. The summed E-state index contributed by atoms with van der Waals surface area (Å²) in [5.74, 6) is -0.113. The van der Waals surface area contributed by atoms with E-state index >= 15 is 0 Å². The molecule has 0 unspecified atom stereocenters. The van der Waals surface area contributed by atoms with E-state index in [0.717, 1.165) is 17.7 Å². The van der Waals surface area contributed by atoms with Gasteiger partial charge in [-0.3, -0.25) is 4.79 Å². The van der Waals surface area contributed by atoms with Gasteiger partial charge in [-0.15, -0.1) is 0 Å². The number of carbonyl (C=O) groups excluding carboxylic acids is 1. The summed E-state index contributed by atoms with van der Waals surface area (Å²) in [7, 11) is 0. The molecule has 0 amide bonds. The van der Waals surface area contributed by atoms with Crippen LogP contribution in [0.4, 0.5) is 0 Å². The van der Waals surface area contributed by atoms with E-state index in [4.69, 9.17) is 4.74 Å². The van der Waals surface area contributed by atoms with Gasteiger partial charge >= 0.3 is 5.97 Å². The van der Waals surface area contributed by atoms with Gasteiger partial charge in [-0.25, -0.2) is 0 Å². The van der Waals surface area contributed by atoms with Crippen LogP contribution in [0, 0.1) is 5.41 Å². The molecule has 0 N–H and O–H groups in total. The summed E-state index contributed by atoms with van der Waals surface area (Å²) in [5.41, 5.74) is -0.424. The molecule has 2 rings (SSSR count). The molecule has 0 radical (unpaired) electrons. The molecule has 1 aromatic carbocycles. The first kappa shape index (κ1) is 12.5. The third-order valence-corrected chi connectivity index (χ3v) is 3.97. The lowest BCUT2D eigenvalue weighted by molar-refractivity contribution is -0.155. The molecular weight excluding hydrogens is 232 g/mol. The van der Waals surface area contributed by atoms with Gasteiger partial charge in [0.2, 0.25) is 0 Å². The Labute approximate surface area is 107 Å². The summed E-state index contributed by atoms with van der Waals surface area (Å²) >= 11 is 1.66. The second-order valence-electron chi connectivity index (χ2n) is 5.47. The molecule has 1 fully saturated rings. The van der Waals surface area contributed by atoms with Gasteiger partial charge in [0.25, 0.3) is 0 Å². The summed E-state index contributed by atoms with van der Waals surface area (Å²) in [5, 5.41) is 0. The van der Waals surface area contributed by atoms with Crippen LogP contribution in [0.5, 0.6) is 0 Å². The van der Waals surface area contributed by atoms with Crippen LogP contribution in [0.15, 0.2) is 35.2 Å². The van der Waals surface area contributed by atoms with Crippen LogP contribution in [-0.2, 0) is 9.53 Å². The molecule has 0 atom stereocenters. The summed E-state index contributed by atoms with van der Waals surface area (Å²) in [6.07, 6.45) is 1.91. The average Bonchev–Trinajstić information content (AvgIpc) is 2.98. The number of ether oxygens (including phenoxy) is 1. The second-order valence-corrected chi connectivity index (χ2v) is 6.88. The van der Waals surface area contributed by atoms with Gasteiger partial charge in [0.05, 0.1) is 5.41 Å². The van der Waals surface area contributed by atoms with Crippen LogP contribution in [0.25, 0.3) is 0 Å². The van der Waals surface area contributed by atoms with Crippen molar-refractivity contribution >= 4 is 17.7 Å². The standard InChI is InChI=1S/C14H18O2S/c1-13(2,3)12(15)16-14(9-10-14)17-11-7-5-4-6-8-11/h4-8H,9-10H2,1-3H3. The third-order valence-electron chi connectivity index (χ3n) is 2.60. The monoisotopic (exact) mass is 250 g/mol. The van der Waals surface area contributed by atoms with E-state index in [-0.39, 0.29) is 10.9 Å². The van der Waals surface area contributed by atoms with E-state index in [0.29, 0.717) is 0 Å². The molecule has 1 aromatic rings. The van der Waals surface area contributed by atoms with Crippen LogP contribution in [-0.4, -0.2) is 10.9 Å². The Balaban J connectivity index is 1.99. The van der Waals surface area contributed by atoms with Crippen LogP contribution >= 0.6 is 11.8 Å². The quantitative estimate of drug-likeness (QED) is 0.602. The second kappa shape index (κ2) is 4.37. The number of thioether (sulfide) groups is 1. The van der Waals surface area contributed by atoms with Crippen molar-refractivity contribution in [2.75, 3.05) is 0 Å². The number of esters is 1. The van der Waals surface area contributed by atoms with E-state index in [1.54, 1.807) is 11.8 Å². The fourth-order valence-corrected chi connectivity index (χ4v) is 2.50.